The molecule has 0 heterocycles. The second-order valence-corrected chi connectivity index (χ2v) is 6.16. The van der Waals surface area contributed by atoms with E-state index >= 15 is 0 Å². The maximum absolute atomic E-state index is 11.0. The van der Waals surface area contributed by atoms with Crippen LogP contribution >= 0.6 is 0 Å². The Hall–Kier alpha value is -1.99. The molecule has 0 aromatic heterocycles. The highest BCUT2D eigenvalue weighted by Gasteiger charge is 2.38. The smallest absolute Gasteiger partial charge is 0.333 e. The molecule has 0 spiro atoms. The average molecular weight is 318 g/mol. The van der Waals surface area contributed by atoms with Crippen LogP contribution in [0, 0.1) is 11.8 Å². The molecule has 0 aliphatic heterocycles. The molecule has 0 radical (unpaired) electrons. The summed E-state index contributed by atoms with van der Waals surface area (Å²) in [6, 6.07) is 0. The van der Waals surface area contributed by atoms with Gasteiger partial charge in [-0.05, 0) is 26.7 Å². The first-order valence-electron chi connectivity index (χ1n) is 6.82. The van der Waals surface area contributed by atoms with E-state index in [1.807, 2.05) is 0 Å². The molecule has 1 unspecified atom stereocenters. The van der Waals surface area contributed by atoms with E-state index in [4.69, 9.17) is 15.3 Å². The Morgan fingerprint density at radius 3 is 1.36 bits per heavy atom. The summed E-state index contributed by atoms with van der Waals surface area (Å²) < 4.78 is 0. The third-order valence-corrected chi connectivity index (χ3v) is 3.08. The molecule has 8 heteroatoms. The van der Waals surface area contributed by atoms with Gasteiger partial charge in [-0.15, -0.1) is 0 Å². The summed E-state index contributed by atoms with van der Waals surface area (Å²) in [6.07, 6.45) is 0. The van der Waals surface area contributed by atoms with Crippen molar-refractivity contribution in [2.24, 2.45) is 22.1 Å². The zero-order valence-electron chi connectivity index (χ0n) is 14.1. The molecule has 0 aromatic carbocycles. The van der Waals surface area contributed by atoms with Crippen molar-refractivity contribution in [1.82, 2.24) is 0 Å². The highest BCUT2D eigenvalue weighted by Crippen LogP contribution is 2.24. The lowest BCUT2D eigenvalue weighted by Crippen LogP contribution is -2.39. The minimum absolute atomic E-state index is 0.231. The number of rotatable bonds is 6. The molecular formula is C14H26N2O6. The van der Waals surface area contributed by atoms with Crippen molar-refractivity contribution in [3.8, 4) is 0 Å². The van der Waals surface area contributed by atoms with Crippen LogP contribution in [-0.2, 0) is 14.4 Å². The summed E-state index contributed by atoms with van der Waals surface area (Å²) in [6.45, 7) is 10.8. The number of azo groups is 1. The molecule has 0 aliphatic carbocycles. The number of hydrogen-bond acceptors (Lipinski definition) is 5. The Morgan fingerprint density at radius 1 is 0.818 bits per heavy atom. The first-order valence-corrected chi connectivity index (χ1v) is 6.82. The van der Waals surface area contributed by atoms with Crippen molar-refractivity contribution >= 4 is 17.9 Å². The fraction of sp³-hybridized carbons (Fsp3) is 0.786. The van der Waals surface area contributed by atoms with Gasteiger partial charge in [0, 0.05) is 0 Å². The lowest BCUT2D eigenvalue weighted by molar-refractivity contribution is -0.146. The monoisotopic (exact) mass is 318 g/mol. The van der Waals surface area contributed by atoms with Crippen LogP contribution in [0.4, 0.5) is 0 Å². The van der Waals surface area contributed by atoms with Gasteiger partial charge in [-0.3, -0.25) is 4.79 Å². The van der Waals surface area contributed by atoms with E-state index in [0.717, 1.165) is 0 Å². The van der Waals surface area contributed by atoms with E-state index in [1.54, 1.807) is 27.7 Å². The third-order valence-electron chi connectivity index (χ3n) is 3.08. The molecule has 8 nitrogen and oxygen atoms in total. The van der Waals surface area contributed by atoms with Crippen LogP contribution in [0.25, 0.3) is 0 Å². The Morgan fingerprint density at radius 2 is 1.18 bits per heavy atom. The quantitative estimate of drug-likeness (QED) is 0.643. The lowest BCUT2D eigenvalue weighted by Gasteiger charge is -2.24. The first-order chi connectivity index (χ1) is 9.68. The van der Waals surface area contributed by atoms with Crippen molar-refractivity contribution < 1.29 is 29.7 Å². The van der Waals surface area contributed by atoms with Gasteiger partial charge in [-0.2, -0.15) is 10.2 Å². The van der Waals surface area contributed by atoms with Crippen LogP contribution in [-0.4, -0.2) is 44.3 Å². The summed E-state index contributed by atoms with van der Waals surface area (Å²) >= 11 is 0. The molecule has 22 heavy (non-hydrogen) atoms. The molecule has 0 rings (SSSR count). The molecule has 0 aliphatic rings. The van der Waals surface area contributed by atoms with Crippen molar-refractivity contribution in [1.29, 1.82) is 0 Å². The highest BCUT2D eigenvalue weighted by atomic mass is 16.4. The van der Waals surface area contributed by atoms with Gasteiger partial charge in [0.05, 0.1) is 5.92 Å². The van der Waals surface area contributed by atoms with Crippen LogP contribution in [0.1, 0.15) is 48.5 Å². The molecule has 0 saturated carbocycles. The van der Waals surface area contributed by atoms with Crippen LogP contribution in [0.3, 0.4) is 0 Å². The summed E-state index contributed by atoms with van der Waals surface area (Å²) in [5.41, 5.74) is -2.81. The second kappa shape index (κ2) is 8.45. The molecule has 0 bridgehead atoms. The summed E-state index contributed by atoms with van der Waals surface area (Å²) in [4.78, 5) is 31.5. The maximum Gasteiger partial charge on any atom is 0.333 e. The van der Waals surface area contributed by atoms with Gasteiger partial charge in [0.2, 0.25) is 0 Å². The molecular weight excluding hydrogens is 292 g/mol. The van der Waals surface area contributed by atoms with Gasteiger partial charge < -0.3 is 15.3 Å². The van der Waals surface area contributed by atoms with Crippen LogP contribution in [0.15, 0.2) is 10.2 Å². The zero-order valence-corrected chi connectivity index (χ0v) is 14.1. The van der Waals surface area contributed by atoms with Crippen LogP contribution in [0.5, 0.6) is 0 Å². The molecule has 128 valence electrons. The average Bonchev–Trinajstić information content (AvgIpc) is 2.35. The predicted molar refractivity (Wildman–Crippen MR) is 79.9 cm³/mol. The molecule has 3 N–H and O–H groups in total. The number of aliphatic carboxylic acids is 3. The molecule has 0 aromatic rings. The normalized spacial score (nSPS) is 14.4. The second-order valence-electron chi connectivity index (χ2n) is 6.16. The van der Waals surface area contributed by atoms with Crippen molar-refractivity contribution in [3.05, 3.63) is 0 Å². The minimum atomic E-state index is -1.41. The molecule has 0 amide bonds. The number of nitrogens with zero attached hydrogens (tertiary/aromatic N) is 2. The van der Waals surface area contributed by atoms with E-state index in [2.05, 4.69) is 10.2 Å². The standard InChI is InChI=1S/C10H18N2O4.C4H8O2/c1-6(2)10(5,8(15)16)12-11-9(3,4)7(13)14;1-3(2)4(5)6/h6H,1-5H3,(H,13,14)(H,15,16);3H,1-2H3,(H,5,6). The number of carboxylic acid groups (broad SMARTS) is 3. The lowest BCUT2D eigenvalue weighted by atomic mass is 9.90. The Balaban J connectivity index is 0. The minimum Gasteiger partial charge on any atom is -0.481 e. The van der Waals surface area contributed by atoms with E-state index in [-0.39, 0.29) is 11.8 Å². The predicted octanol–water partition coefficient (Wildman–Crippen LogP) is 2.53. The topological polar surface area (TPSA) is 137 Å². The van der Waals surface area contributed by atoms with E-state index in [1.165, 1.54) is 20.8 Å². The van der Waals surface area contributed by atoms with Gasteiger partial charge in [-0.1, -0.05) is 27.7 Å². The van der Waals surface area contributed by atoms with E-state index in [9.17, 15) is 14.4 Å². The van der Waals surface area contributed by atoms with Gasteiger partial charge >= 0.3 is 17.9 Å². The Labute approximate surface area is 130 Å². The van der Waals surface area contributed by atoms with Crippen LogP contribution in [0.2, 0.25) is 0 Å². The van der Waals surface area contributed by atoms with E-state index < -0.39 is 29.0 Å². The SMILES string of the molecule is CC(C)C(=O)O.CC(C)C(C)(N=NC(C)(C)C(=O)O)C(=O)O. The summed E-state index contributed by atoms with van der Waals surface area (Å²) in [5, 5.41) is 33.1. The molecule has 0 fully saturated rings. The van der Waals surface area contributed by atoms with Gasteiger partial charge in [0.15, 0.2) is 11.1 Å². The summed E-state index contributed by atoms with van der Waals surface area (Å²) in [7, 11) is 0. The van der Waals surface area contributed by atoms with Gasteiger partial charge in [0.25, 0.3) is 0 Å². The number of carbonyl (C=O) groups is 3. The summed E-state index contributed by atoms with van der Waals surface area (Å²) in [5.74, 6) is -3.52. The molecule has 0 saturated heterocycles. The number of carboxylic acids is 3. The maximum atomic E-state index is 11.0. The first kappa shape index (κ1) is 22.3. The highest BCUT2D eigenvalue weighted by molar-refractivity contribution is 5.79. The van der Waals surface area contributed by atoms with Crippen molar-refractivity contribution in [3.63, 3.8) is 0 Å². The fourth-order valence-corrected chi connectivity index (χ4v) is 0.677. The Kier molecular flexibility index (Phi) is 8.56. The van der Waals surface area contributed by atoms with Gasteiger partial charge in [0.1, 0.15) is 0 Å². The van der Waals surface area contributed by atoms with E-state index in [0.29, 0.717) is 0 Å². The van der Waals surface area contributed by atoms with Crippen LogP contribution < -0.4 is 0 Å². The largest absolute Gasteiger partial charge is 0.481 e. The fourth-order valence-electron chi connectivity index (χ4n) is 0.677. The van der Waals surface area contributed by atoms with Crippen molar-refractivity contribution in [2.45, 2.75) is 59.5 Å². The molecule has 1 atom stereocenters. The van der Waals surface area contributed by atoms with Crippen molar-refractivity contribution in [2.75, 3.05) is 0 Å². The Bertz CT molecular complexity index is 443. The third kappa shape index (κ3) is 7.14. The zero-order chi connectivity index (χ0) is 18.3. The number of hydrogen-bond donors (Lipinski definition) is 3. The van der Waals surface area contributed by atoms with Gasteiger partial charge in [-0.25, -0.2) is 9.59 Å².